The van der Waals surface area contributed by atoms with Crippen molar-refractivity contribution in [1.82, 2.24) is 14.8 Å². The summed E-state index contributed by atoms with van der Waals surface area (Å²) in [6, 6.07) is 4.85. The van der Waals surface area contributed by atoms with Gasteiger partial charge in [0.05, 0.1) is 17.8 Å². The maximum absolute atomic E-state index is 12.5. The van der Waals surface area contributed by atoms with Crippen molar-refractivity contribution in [3.8, 4) is 5.69 Å². The van der Waals surface area contributed by atoms with Crippen molar-refractivity contribution in [2.75, 3.05) is 0 Å². The molecule has 0 spiro atoms. The van der Waals surface area contributed by atoms with E-state index in [4.69, 9.17) is 5.73 Å². The van der Waals surface area contributed by atoms with E-state index in [9.17, 15) is 13.2 Å². The molecule has 2 rings (SSSR count). The summed E-state index contributed by atoms with van der Waals surface area (Å²) in [7, 11) is 0. The predicted octanol–water partition coefficient (Wildman–Crippen LogP) is 1.74. The van der Waals surface area contributed by atoms with Crippen LogP contribution < -0.4 is 5.73 Å². The number of hydrogen-bond donors (Lipinski definition) is 1. The fourth-order valence-electron chi connectivity index (χ4n) is 1.43. The minimum atomic E-state index is -4.38. The summed E-state index contributed by atoms with van der Waals surface area (Å²) in [6.07, 6.45) is -3.12. The van der Waals surface area contributed by atoms with E-state index in [1.54, 1.807) is 0 Å². The second-order valence-electron chi connectivity index (χ2n) is 3.34. The van der Waals surface area contributed by atoms with Gasteiger partial charge in [-0.2, -0.15) is 18.3 Å². The zero-order valence-corrected chi connectivity index (χ0v) is 8.65. The zero-order chi connectivity index (χ0) is 12.5. The molecule has 1 aromatic carbocycles. The van der Waals surface area contributed by atoms with Gasteiger partial charge in [-0.15, -0.1) is 0 Å². The minimum absolute atomic E-state index is 0.107. The van der Waals surface area contributed by atoms with E-state index in [-0.39, 0.29) is 12.2 Å². The summed E-state index contributed by atoms with van der Waals surface area (Å²) in [5.41, 5.74) is 4.97. The second-order valence-corrected chi connectivity index (χ2v) is 3.34. The van der Waals surface area contributed by atoms with Gasteiger partial charge in [0.15, 0.2) is 0 Å². The smallest absolute Gasteiger partial charge is 0.324 e. The van der Waals surface area contributed by atoms with Gasteiger partial charge in [-0.3, -0.25) is 0 Å². The average molecular weight is 242 g/mol. The van der Waals surface area contributed by atoms with Gasteiger partial charge < -0.3 is 5.73 Å². The third-order valence-electron chi connectivity index (χ3n) is 2.22. The molecule has 0 amide bonds. The maximum atomic E-state index is 12.5. The number of halogens is 3. The van der Waals surface area contributed by atoms with E-state index >= 15 is 0 Å². The third kappa shape index (κ3) is 2.28. The summed E-state index contributed by atoms with van der Waals surface area (Å²) in [6.45, 7) is 0.107. The maximum Gasteiger partial charge on any atom is 0.416 e. The summed E-state index contributed by atoms with van der Waals surface area (Å²) < 4.78 is 38.9. The monoisotopic (exact) mass is 242 g/mol. The Bertz CT molecular complexity index is 518. The molecule has 2 aromatic rings. The summed E-state index contributed by atoms with van der Waals surface area (Å²) >= 11 is 0. The average Bonchev–Trinajstić information content (AvgIpc) is 2.76. The molecule has 2 N–H and O–H groups in total. The second kappa shape index (κ2) is 4.17. The highest BCUT2D eigenvalue weighted by Crippen LogP contribution is 2.30. The zero-order valence-electron chi connectivity index (χ0n) is 8.65. The number of rotatable bonds is 2. The summed E-state index contributed by atoms with van der Waals surface area (Å²) in [5, 5.41) is 3.84. The lowest BCUT2D eigenvalue weighted by molar-refractivity contribution is -0.137. The van der Waals surface area contributed by atoms with Crippen molar-refractivity contribution < 1.29 is 13.2 Å². The molecular weight excluding hydrogens is 233 g/mol. The molecule has 0 fully saturated rings. The van der Waals surface area contributed by atoms with Gasteiger partial charge in [0.1, 0.15) is 12.2 Å². The van der Waals surface area contributed by atoms with E-state index < -0.39 is 11.7 Å². The predicted molar refractivity (Wildman–Crippen MR) is 54.3 cm³/mol. The van der Waals surface area contributed by atoms with Crippen LogP contribution >= 0.6 is 0 Å². The number of benzene rings is 1. The van der Waals surface area contributed by atoms with Crippen molar-refractivity contribution in [2.24, 2.45) is 5.73 Å². The number of nitrogens with two attached hydrogens (primary N) is 1. The molecule has 0 bridgehead atoms. The standard InChI is InChI=1S/C10H9F3N4/c11-10(12,13)7-2-1-3-8(4-7)17-9(5-14)15-6-16-17/h1-4,6H,5,14H2. The number of aromatic nitrogens is 3. The van der Waals surface area contributed by atoms with Crippen LogP contribution in [0.1, 0.15) is 11.4 Å². The first-order chi connectivity index (χ1) is 8.02. The Morgan fingerprint density at radius 1 is 1.29 bits per heavy atom. The van der Waals surface area contributed by atoms with Gasteiger partial charge >= 0.3 is 6.18 Å². The molecule has 1 aromatic heterocycles. The first-order valence-electron chi connectivity index (χ1n) is 4.79. The topological polar surface area (TPSA) is 56.7 Å². The van der Waals surface area contributed by atoms with E-state index in [2.05, 4.69) is 10.1 Å². The van der Waals surface area contributed by atoms with Crippen LogP contribution in [0.4, 0.5) is 13.2 Å². The Kier molecular flexibility index (Phi) is 2.84. The van der Waals surface area contributed by atoms with Crippen molar-refractivity contribution in [1.29, 1.82) is 0 Å². The van der Waals surface area contributed by atoms with Crippen LogP contribution in [0.2, 0.25) is 0 Å². The molecule has 17 heavy (non-hydrogen) atoms. The molecule has 0 aliphatic carbocycles. The van der Waals surface area contributed by atoms with Gasteiger partial charge in [0, 0.05) is 0 Å². The molecule has 0 radical (unpaired) electrons. The van der Waals surface area contributed by atoms with E-state index in [1.807, 2.05) is 0 Å². The molecule has 1 heterocycles. The van der Waals surface area contributed by atoms with Crippen molar-refractivity contribution in [3.63, 3.8) is 0 Å². The van der Waals surface area contributed by atoms with E-state index in [0.717, 1.165) is 12.1 Å². The first kappa shape index (κ1) is 11.6. The van der Waals surface area contributed by atoms with Gasteiger partial charge in [-0.25, -0.2) is 9.67 Å². The molecule has 7 heteroatoms. The van der Waals surface area contributed by atoms with Crippen LogP contribution in [0.25, 0.3) is 5.69 Å². The number of alkyl halides is 3. The van der Waals surface area contributed by atoms with Gasteiger partial charge in [-0.05, 0) is 18.2 Å². The molecule has 0 aliphatic heterocycles. The molecule has 0 saturated heterocycles. The van der Waals surface area contributed by atoms with Crippen LogP contribution in [-0.2, 0) is 12.7 Å². The van der Waals surface area contributed by atoms with E-state index in [0.29, 0.717) is 5.82 Å². The van der Waals surface area contributed by atoms with Crippen LogP contribution in [0, 0.1) is 0 Å². The molecule has 0 unspecified atom stereocenters. The van der Waals surface area contributed by atoms with Crippen LogP contribution in [-0.4, -0.2) is 14.8 Å². The highest BCUT2D eigenvalue weighted by atomic mass is 19.4. The lowest BCUT2D eigenvalue weighted by atomic mass is 10.2. The largest absolute Gasteiger partial charge is 0.416 e. The Labute approximate surface area is 94.9 Å². The molecule has 0 saturated carbocycles. The van der Waals surface area contributed by atoms with Gasteiger partial charge in [0.2, 0.25) is 0 Å². The van der Waals surface area contributed by atoms with Crippen molar-refractivity contribution >= 4 is 0 Å². The Balaban J connectivity index is 2.47. The SMILES string of the molecule is NCc1ncnn1-c1cccc(C(F)(F)F)c1. The van der Waals surface area contributed by atoms with Crippen molar-refractivity contribution in [2.45, 2.75) is 12.7 Å². The van der Waals surface area contributed by atoms with Crippen LogP contribution in [0.15, 0.2) is 30.6 Å². The lowest BCUT2D eigenvalue weighted by Crippen LogP contribution is -2.10. The molecule has 90 valence electrons. The molecule has 0 aliphatic rings. The highest BCUT2D eigenvalue weighted by molar-refractivity contribution is 5.36. The third-order valence-corrected chi connectivity index (χ3v) is 2.22. The Hall–Kier alpha value is -1.89. The Morgan fingerprint density at radius 3 is 2.71 bits per heavy atom. The van der Waals surface area contributed by atoms with Crippen LogP contribution in [0.5, 0.6) is 0 Å². The molecular formula is C10H9F3N4. The van der Waals surface area contributed by atoms with E-state index in [1.165, 1.54) is 23.1 Å². The minimum Gasteiger partial charge on any atom is -0.324 e. The fraction of sp³-hybridized carbons (Fsp3) is 0.200. The summed E-state index contributed by atoms with van der Waals surface area (Å²) in [4.78, 5) is 3.85. The molecule has 4 nitrogen and oxygen atoms in total. The van der Waals surface area contributed by atoms with Gasteiger partial charge in [-0.1, -0.05) is 6.07 Å². The lowest BCUT2D eigenvalue weighted by Gasteiger charge is -2.09. The highest BCUT2D eigenvalue weighted by Gasteiger charge is 2.30. The first-order valence-corrected chi connectivity index (χ1v) is 4.79. The van der Waals surface area contributed by atoms with Crippen LogP contribution in [0.3, 0.4) is 0 Å². The number of nitrogens with zero attached hydrogens (tertiary/aromatic N) is 3. The molecule has 0 atom stereocenters. The van der Waals surface area contributed by atoms with Gasteiger partial charge in [0.25, 0.3) is 0 Å². The normalized spacial score (nSPS) is 11.8. The fourth-order valence-corrected chi connectivity index (χ4v) is 1.43. The summed E-state index contributed by atoms with van der Waals surface area (Å²) in [5.74, 6) is 0.407. The quantitative estimate of drug-likeness (QED) is 0.872. The van der Waals surface area contributed by atoms with Crippen molar-refractivity contribution in [3.05, 3.63) is 42.0 Å². The Morgan fingerprint density at radius 2 is 2.06 bits per heavy atom. The number of hydrogen-bond acceptors (Lipinski definition) is 3.